The summed E-state index contributed by atoms with van der Waals surface area (Å²) in [4.78, 5) is 21.4. The van der Waals surface area contributed by atoms with E-state index in [2.05, 4.69) is 211 Å². The zero-order valence-corrected chi connectivity index (χ0v) is 37.3. The summed E-state index contributed by atoms with van der Waals surface area (Å²) in [5.41, 5.74) is 11.3. The minimum absolute atomic E-state index is 0.611. The Balaban J connectivity index is 1.04. The van der Waals surface area contributed by atoms with Gasteiger partial charge < -0.3 is 4.57 Å². The van der Waals surface area contributed by atoms with Crippen molar-refractivity contribution in [1.29, 1.82) is 0 Å². The summed E-state index contributed by atoms with van der Waals surface area (Å²) < 4.78 is 4.98. The van der Waals surface area contributed by atoms with Gasteiger partial charge in [-0.15, -0.1) is 11.3 Å². The Bertz CT molecular complexity index is 4320. The monoisotopic (exact) mass is 883 g/mol. The Hall–Kier alpha value is -8.84. The van der Waals surface area contributed by atoms with Gasteiger partial charge in [-0.2, -0.15) is 0 Å². The summed E-state index contributed by atoms with van der Waals surface area (Å²) in [7, 11) is 0. The van der Waals surface area contributed by atoms with E-state index in [-0.39, 0.29) is 0 Å². The van der Waals surface area contributed by atoms with Crippen LogP contribution in [0.1, 0.15) is 0 Å². The molecule has 0 aliphatic heterocycles. The van der Waals surface area contributed by atoms with Crippen LogP contribution in [-0.4, -0.2) is 24.5 Å². The van der Waals surface area contributed by atoms with Crippen molar-refractivity contribution < 1.29 is 0 Å². The van der Waals surface area contributed by atoms with E-state index in [0.29, 0.717) is 17.5 Å². The molecule has 316 valence electrons. The molecule has 4 heterocycles. The molecule has 10 aromatic carbocycles. The van der Waals surface area contributed by atoms with Gasteiger partial charge in [-0.3, -0.25) is 0 Å². The number of pyridine rings is 1. The lowest BCUT2D eigenvalue weighted by molar-refractivity contribution is 1.08. The molecular weight excluding hydrogens is 847 g/mol. The number of aromatic nitrogens is 5. The fourth-order valence-electron chi connectivity index (χ4n) is 10.4. The molecule has 0 N–H and O–H groups in total. The molecule has 0 aliphatic rings. The highest BCUT2D eigenvalue weighted by atomic mass is 32.1. The van der Waals surface area contributed by atoms with Crippen molar-refractivity contribution >= 4 is 85.8 Å². The van der Waals surface area contributed by atoms with Crippen LogP contribution in [0.4, 0.5) is 0 Å². The standard InChI is InChI=1S/C62H37N5S/c1-3-18-39(19-4-1)60-64-61(41-22-13-21-40(37-41)44-28-15-30-47-45-26-10-12-34-54(45)68-59(44)47)66-62(65-60)51-31-16-33-53-55(51)50-36-35-49-56(58(50)67(53)42-23-5-2-6-24-42)48-27-9-11-32-52(48)63-57(49)46-29-14-20-38-17-7-8-25-43(38)46/h1-37H. The van der Waals surface area contributed by atoms with Gasteiger partial charge in [-0.05, 0) is 58.3 Å². The van der Waals surface area contributed by atoms with E-state index in [1.165, 1.54) is 36.5 Å². The van der Waals surface area contributed by atoms with Gasteiger partial charge in [-0.1, -0.05) is 188 Å². The lowest BCUT2D eigenvalue weighted by Gasteiger charge is -2.15. The molecule has 0 amide bonds. The first-order valence-electron chi connectivity index (χ1n) is 22.9. The highest BCUT2D eigenvalue weighted by Crippen LogP contribution is 2.46. The molecule has 14 rings (SSSR count). The first-order valence-corrected chi connectivity index (χ1v) is 23.7. The SMILES string of the molecule is c1ccc(-c2nc(-c3cccc(-c4cccc5c4sc4ccccc45)c3)nc(-c3cccc4c3c3ccc5c(-c6cccc7ccccc67)nc6ccccc6c5c3n4-c3ccccc3)n2)cc1. The number of thiophene rings is 1. The lowest BCUT2D eigenvalue weighted by Crippen LogP contribution is -2.00. The third-order valence-electron chi connectivity index (χ3n) is 13.4. The number of hydrogen-bond acceptors (Lipinski definition) is 5. The quantitative estimate of drug-likeness (QED) is 0.156. The maximum Gasteiger partial charge on any atom is 0.164 e. The number of benzene rings is 10. The van der Waals surface area contributed by atoms with Crippen molar-refractivity contribution in [2.75, 3.05) is 0 Å². The predicted molar refractivity (Wildman–Crippen MR) is 285 cm³/mol. The highest BCUT2D eigenvalue weighted by Gasteiger charge is 2.24. The van der Waals surface area contributed by atoms with Crippen LogP contribution < -0.4 is 0 Å². The normalized spacial score (nSPS) is 11.8. The first-order chi connectivity index (χ1) is 33.7. The van der Waals surface area contributed by atoms with Crippen LogP contribution in [0.25, 0.3) is 137 Å². The van der Waals surface area contributed by atoms with Gasteiger partial charge in [0.05, 0.1) is 22.2 Å². The molecule has 0 radical (unpaired) electrons. The van der Waals surface area contributed by atoms with Crippen molar-refractivity contribution in [3.05, 3.63) is 224 Å². The smallest absolute Gasteiger partial charge is 0.164 e. The molecule has 68 heavy (non-hydrogen) atoms. The third-order valence-corrected chi connectivity index (χ3v) is 14.6. The third kappa shape index (κ3) is 6.01. The molecule has 0 spiro atoms. The zero-order chi connectivity index (χ0) is 44.7. The summed E-state index contributed by atoms with van der Waals surface area (Å²) >= 11 is 1.84. The number of fused-ring (bicyclic) bond motifs is 11. The molecule has 0 atom stereocenters. The molecule has 4 aromatic heterocycles. The number of rotatable bonds is 6. The molecule has 5 nitrogen and oxygen atoms in total. The van der Waals surface area contributed by atoms with Crippen LogP contribution in [0.2, 0.25) is 0 Å². The van der Waals surface area contributed by atoms with E-state index in [9.17, 15) is 0 Å². The topological polar surface area (TPSA) is 56.5 Å². The van der Waals surface area contributed by atoms with Crippen LogP contribution in [0.3, 0.4) is 0 Å². The summed E-state index contributed by atoms with van der Waals surface area (Å²) in [6, 6.07) is 79.6. The van der Waals surface area contributed by atoms with Crippen LogP contribution in [0, 0.1) is 0 Å². The molecule has 0 saturated heterocycles. The van der Waals surface area contributed by atoms with Crippen LogP contribution >= 0.6 is 11.3 Å². The molecule has 0 unspecified atom stereocenters. The molecule has 0 saturated carbocycles. The van der Waals surface area contributed by atoms with E-state index < -0.39 is 0 Å². The van der Waals surface area contributed by atoms with Crippen molar-refractivity contribution in [2.45, 2.75) is 0 Å². The Morgan fingerprint density at radius 2 is 0.956 bits per heavy atom. The maximum atomic E-state index is 5.44. The molecular formula is C62H37N5S. The average Bonchev–Trinajstić information content (AvgIpc) is 3.97. The Morgan fingerprint density at radius 3 is 1.84 bits per heavy atom. The first kappa shape index (κ1) is 38.4. The van der Waals surface area contributed by atoms with Gasteiger partial charge in [-0.25, -0.2) is 19.9 Å². The van der Waals surface area contributed by atoms with Crippen LogP contribution in [-0.2, 0) is 0 Å². The minimum Gasteiger partial charge on any atom is -0.309 e. The van der Waals surface area contributed by atoms with Crippen LogP contribution in [0.5, 0.6) is 0 Å². The van der Waals surface area contributed by atoms with E-state index in [0.717, 1.165) is 82.7 Å². The van der Waals surface area contributed by atoms with Crippen molar-refractivity contribution in [3.8, 4) is 62.2 Å². The molecule has 0 bridgehead atoms. The summed E-state index contributed by atoms with van der Waals surface area (Å²) in [6.07, 6.45) is 0. The van der Waals surface area contributed by atoms with E-state index >= 15 is 0 Å². The number of para-hydroxylation sites is 2. The van der Waals surface area contributed by atoms with E-state index in [1.54, 1.807) is 0 Å². The second-order valence-electron chi connectivity index (χ2n) is 17.3. The highest BCUT2D eigenvalue weighted by molar-refractivity contribution is 7.26. The van der Waals surface area contributed by atoms with Crippen molar-refractivity contribution in [1.82, 2.24) is 24.5 Å². The minimum atomic E-state index is 0.611. The zero-order valence-electron chi connectivity index (χ0n) is 36.5. The number of hydrogen-bond donors (Lipinski definition) is 0. The average molecular weight is 884 g/mol. The Morgan fingerprint density at radius 1 is 0.353 bits per heavy atom. The van der Waals surface area contributed by atoms with Gasteiger partial charge in [0.15, 0.2) is 17.5 Å². The van der Waals surface area contributed by atoms with Gasteiger partial charge >= 0.3 is 0 Å². The summed E-state index contributed by atoms with van der Waals surface area (Å²) in [5, 5.41) is 10.4. The van der Waals surface area contributed by atoms with Gasteiger partial charge in [0.2, 0.25) is 0 Å². The predicted octanol–water partition coefficient (Wildman–Crippen LogP) is 16.5. The Kier molecular flexibility index (Phi) is 8.69. The van der Waals surface area contributed by atoms with E-state index in [4.69, 9.17) is 19.9 Å². The fourth-order valence-corrected chi connectivity index (χ4v) is 11.6. The van der Waals surface area contributed by atoms with Gasteiger partial charge in [0.1, 0.15) is 0 Å². The molecule has 14 aromatic rings. The van der Waals surface area contributed by atoms with Crippen molar-refractivity contribution in [2.24, 2.45) is 0 Å². The second kappa shape index (κ2) is 15.4. The summed E-state index contributed by atoms with van der Waals surface area (Å²) in [5.74, 6) is 1.85. The van der Waals surface area contributed by atoms with Crippen molar-refractivity contribution in [3.63, 3.8) is 0 Å². The van der Waals surface area contributed by atoms with E-state index in [1.807, 2.05) is 29.5 Å². The molecule has 0 fully saturated rings. The fraction of sp³-hybridized carbons (Fsp3) is 0. The Labute approximate surface area is 394 Å². The number of nitrogens with zero attached hydrogens (tertiary/aromatic N) is 5. The van der Waals surface area contributed by atoms with Gasteiger partial charge in [0, 0.05) is 75.0 Å². The summed E-state index contributed by atoms with van der Waals surface area (Å²) in [6.45, 7) is 0. The maximum absolute atomic E-state index is 5.44. The second-order valence-corrected chi connectivity index (χ2v) is 18.3. The molecule has 0 aliphatic carbocycles. The largest absolute Gasteiger partial charge is 0.309 e. The van der Waals surface area contributed by atoms with Gasteiger partial charge in [0.25, 0.3) is 0 Å². The van der Waals surface area contributed by atoms with Crippen LogP contribution in [0.15, 0.2) is 224 Å². The lowest BCUT2D eigenvalue weighted by atomic mass is 9.94. The molecule has 6 heteroatoms.